The van der Waals surface area contributed by atoms with Crippen molar-refractivity contribution in [3.63, 3.8) is 0 Å². The predicted molar refractivity (Wildman–Crippen MR) is 83.7 cm³/mol. The fourth-order valence-electron chi connectivity index (χ4n) is 2.11. The van der Waals surface area contributed by atoms with Crippen LogP contribution in [0.1, 0.15) is 70.6 Å². The number of nitrogens with one attached hydrogen (secondary N) is 1. The van der Waals surface area contributed by atoms with Crippen molar-refractivity contribution in [3.05, 3.63) is 23.7 Å². The highest BCUT2D eigenvalue weighted by atomic mass is 16.5. The summed E-state index contributed by atoms with van der Waals surface area (Å²) in [5.74, 6) is 1.00. The Bertz CT molecular complexity index is 333. The normalized spacial score (nSPS) is 11.4. The summed E-state index contributed by atoms with van der Waals surface area (Å²) in [6.45, 7) is 8.82. The highest BCUT2D eigenvalue weighted by molar-refractivity contribution is 5.15. The molecule has 0 unspecified atom stereocenters. The van der Waals surface area contributed by atoms with E-state index in [1.807, 2.05) is 6.07 Å². The maximum Gasteiger partial charge on any atom is 0.123 e. The first-order chi connectivity index (χ1) is 9.74. The van der Waals surface area contributed by atoms with Crippen LogP contribution in [0.15, 0.2) is 16.7 Å². The summed E-state index contributed by atoms with van der Waals surface area (Å²) in [5.41, 5.74) is 1.17. The largest absolute Gasteiger partial charge is 0.468 e. The summed E-state index contributed by atoms with van der Waals surface area (Å²) in [6, 6.07) is 2.48. The van der Waals surface area contributed by atoms with Crippen molar-refractivity contribution < 1.29 is 9.15 Å². The minimum absolute atomic E-state index is 0.469. The molecule has 0 radical (unpaired) electrons. The van der Waals surface area contributed by atoms with Crippen LogP contribution in [-0.4, -0.2) is 12.6 Å². The third kappa shape index (κ3) is 7.71. The van der Waals surface area contributed by atoms with E-state index in [9.17, 15) is 0 Å². The Morgan fingerprint density at radius 2 is 1.90 bits per heavy atom. The van der Waals surface area contributed by atoms with Crippen molar-refractivity contribution in [1.82, 2.24) is 5.32 Å². The summed E-state index contributed by atoms with van der Waals surface area (Å²) in [6.07, 6.45) is 9.58. The molecule has 1 N–H and O–H groups in total. The molecule has 1 heterocycles. The zero-order valence-corrected chi connectivity index (χ0v) is 13.4. The number of ether oxygens (including phenoxy) is 1. The molecule has 0 fully saturated rings. The van der Waals surface area contributed by atoms with Crippen LogP contribution >= 0.6 is 0 Å². The van der Waals surface area contributed by atoms with Gasteiger partial charge in [0.2, 0.25) is 0 Å². The Labute approximate surface area is 124 Å². The summed E-state index contributed by atoms with van der Waals surface area (Å²) < 4.78 is 11.2. The van der Waals surface area contributed by atoms with Crippen LogP contribution in [0.25, 0.3) is 0 Å². The second kappa shape index (κ2) is 10.9. The molecule has 0 aromatic carbocycles. The average molecular weight is 281 g/mol. The second-order valence-electron chi connectivity index (χ2n) is 5.72. The number of furan rings is 1. The maximum atomic E-state index is 5.74. The maximum absolute atomic E-state index is 5.74. The monoisotopic (exact) mass is 281 g/mol. The van der Waals surface area contributed by atoms with Gasteiger partial charge in [-0.3, -0.25) is 0 Å². The van der Waals surface area contributed by atoms with Crippen LogP contribution in [0.5, 0.6) is 0 Å². The highest BCUT2D eigenvalue weighted by Crippen LogP contribution is 2.12. The zero-order valence-electron chi connectivity index (χ0n) is 13.4. The first kappa shape index (κ1) is 17.3. The smallest absolute Gasteiger partial charge is 0.123 e. The lowest BCUT2D eigenvalue weighted by atomic mass is 10.1. The van der Waals surface area contributed by atoms with E-state index in [0.717, 1.165) is 18.9 Å². The molecule has 1 aromatic rings. The van der Waals surface area contributed by atoms with Crippen molar-refractivity contribution in [2.75, 3.05) is 6.61 Å². The van der Waals surface area contributed by atoms with E-state index in [-0.39, 0.29) is 0 Å². The quantitative estimate of drug-likeness (QED) is 0.566. The van der Waals surface area contributed by atoms with Crippen molar-refractivity contribution in [3.8, 4) is 0 Å². The van der Waals surface area contributed by atoms with Crippen molar-refractivity contribution in [1.29, 1.82) is 0 Å². The van der Waals surface area contributed by atoms with E-state index in [1.165, 1.54) is 44.1 Å². The lowest BCUT2D eigenvalue weighted by molar-refractivity contribution is 0.115. The van der Waals surface area contributed by atoms with Crippen LogP contribution in [0.2, 0.25) is 0 Å². The zero-order chi connectivity index (χ0) is 14.6. The summed E-state index contributed by atoms with van der Waals surface area (Å²) >= 11 is 0. The van der Waals surface area contributed by atoms with E-state index in [0.29, 0.717) is 12.6 Å². The first-order valence-electron chi connectivity index (χ1n) is 8.10. The molecule has 1 aromatic heterocycles. The van der Waals surface area contributed by atoms with Gasteiger partial charge in [-0.15, -0.1) is 0 Å². The van der Waals surface area contributed by atoms with Gasteiger partial charge in [-0.05, 0) is 12.5 Å². The fourth-order valence-corrected chi connectivity index (χ4v) is 2.11. The minimum Gasteiger partial charge on any atom is -0.468 e. The van der Waals surface area contributed by atoms with Gasteiger partial charge in [0.05, 0.1) is 19.4 Å². The molecule has 0 saturated heterocycles. The Balaban J connectivity index is 2.08. The van der Waals surface area contributed by atoms with Crippen LogP contribution in [0.4, 0.5) is 0 Å². The Morgan fingerprint density at radius 3 is 2.65 bits per heavy atom. The molecule has 3 heteroatoms. The second-order valence-corrected chi connectivity index (χ2v) is 5.72. The van der Waals surface area contributed by atoms with Crippen molar-refractivity contribution in [2.24, 2.45) is 0 Å². The van der Waals surface area contributed by atoms with Gasteiger partial charge in [0.1, 0.15) is 5.76 Å². The van der Waals surface area contributed by atoms with Gasteiger partial charge >= 0.3 is 0 Å². The van der Waals surface area contributed by atoms with Crippen LogP contribution in [0, 0.1) is 0 Å². The Morgan fingerprint density at radius 1 is 1.15 bits per heavy atom. The summed E-state index contributed by atoms with van der Waals surface area (Å²) in [5, 5.41) is 3.37. The van der Waals surface area contributed by atoms with Gasteiger partial charge in [-0.2, -0.15) is 0 Å². The molecule has 0 bridgehead atoms. The van der Waals surface area contributed by atoms with Gasteiger partial charge in [-0.25, -0.2) is 0 Å². The molecule has 116 valence electrons. The number of unbranched alkanes of at least 4 members (excludes halogenated alkanes) is 5. The lowest BCUT2D eigenvalue weighted by Crippen LogP contribution is -2.22. The van der Waals surface area contributed by atoms with Crippen molar-refractivity contribution in [2.45, 2.75) is 78.5 Å². The molecule has 1 rings (SSSR count). The van der Waals surface area contributed by atoms with Gasteiger partial charge in [-0.1, -0.05) is 52.9 Å². The molecule has 0 atom stereocenters. The van der Waals surface area contributed by atoms with E-state index < -0.39 is 0 Å². The molecule has 0 spiro atoms. The van der Waals surface area contributed by atoms with Gasteiger partial charge in [0.25, 0.3) is 0 Å². The minimum atomic E-state index is 0.469. The van der Waals surface area contributed by atoms with Gasteiger partial charge in [0.15, 0.2) is 0 Å². The number of rotatable bonds is 12. The fraction of sp³-hybridized carbons (Fsp3) is 0.765. The topological polar surface area (TPSA) is 34.4 Å². The third-order valence-corrected chi connectivity index (χ3v) is 3.41. The van der Waals surface area contributed by atoms with Crippen LogP contribution in [-0.2, 0) is 17.9 Å². The number of hydrogen-bond acceptors (Lipinski definition) is 3. The summed E-state index contributed by atoms with van der Waals surface area (Å²) in [7, 11) is 0. The van der Waals surface area contributed by atoms with Crippen molar-refractivity contribution >= 4 is 0 Å². The number of hydrogen-bond donors (Lipinski definition) is 1. The van der Waals surface area contributed by atoms with E-state index in [4.69, 9.17) is 9.15 Å². The molecule has 0 saturated carbocycles. The van der Waals surface area contributed by atoms with Crippen LogP contribution in [0.3, 0.4) is 0 Å². The average Bonchev–Trinajstić information content (AvgIpc) is 2.87. The Hall–Kier alpha value is -0.800. The predicted octanol–water partition coefficient (Wildman–Crippen LogP) is 4.65. The standard InChI is InChI=1S/C17H31NO2/c1-4-5-6-7-8-9-11-19-14-16-10-12-20-17(16)13-18-15(2)3/h10,12,15,18H,4-9,11,13-14H2,1-3H3. The summed E-state index contributed by atoms with van der Waals surface area (Å²) in [4.78, 5) is 0. The van der Waals surface area contributed by atoms with E-state index in [1.54, 1.807) is 6.26 Å². The molecule has 0 aliphatic rings. The SMILES string of the molecule is CCCCCCCCOCc1ccoc1CNC(C)C. The molecular formula is C17H31NO2. The molecule has 3 nitrogen and oxygen atoms in total. The van der Waals surface area contributed by atoms with Gasteiger partial charge < -0.3 is 14.5 Å². The molecule has 20 heavy (non-hydrogen) atoms. The molecule has 0 amide bonds. The molecule has 0 aliphatic heterocycles. The first-order valence-corrected chi connectivity index (χ1v) is 8.10. The van der Waals surface area contributed by atoms with E-state index in [2.05, 4.69) is 26.1 Å². The van der Waals surface area contributed by atoms with Gasteiger partial charge in [0, 0.05) is 18.2 Å². The van der Waals surface area contributed by atoms with Crippen LogP contribution < -0.4 is 5.32 Å². The third-order valence-electron chi connectivity index (χ3n) is 3.41. The molecular weight excluding hydrogens is 250 g/mol. The molecule has 0 aliphatic carbocycles. The highest BCUT2D eigenvalue weighted by Gasteiger charge is 2.06. The van der Waals surface area contributed by atoms with E-state index >= 15 is 0 Å². The Kier molecular flexibility index (Phi) is 9.42. The lowest BCUT2D eigenvalue weighted by Gasteiger charge is -2.08.